The van der Waals surface area contributed by atoms with Gasteiger partial charge in [-0.3, -0.25) is 0 Å². The maximum Gasteiger partial charge on any atom is 0.00387 e. The highest BCUT2D eigenvalue weighted by Crippen LogP contribution is 2.24. The van der Waals surface area contributed by atoms with Gasteiger partial charge in [0.2, 0.25) is 0 Å². The molecule has 16 heavy (non-hydrogen) atoms. The Labute approximate surface area is 102 Å². The summed E-state index contributed by atoms with van der Waals surface area (Å²) in [6.07, 6.45) is 14.2. The molecule has 0 heterocycles. The predicted octanol–water partition coefficient (Wildman–Crippen LogP) is 4.50. The molecule has 0 amide bonds. The van der Waals surface area contributed by atoms with Crippen LogP contribution in [0.1, 0.15) is 78.1 Å². The molecule has 0 aromatic heterocycles. The van der Waals surface area contributed by atoms with Gasteiger partial charge in [-0.15, -0.1) is 0 Å². The Morgan fingerprint density at radius 2 is 1.25 bits per heavy atom. The lowest BCUT2D eigenvalue weighted by atomic mass is 9.87. The molecular formula is C15H31N. The summed E-state index contributed by atoms with van der Waals surface area (Å²) < 4.78 is 0. The zero-order valence-electron chi connectivity index (χ0n) is 11.4. The fraction of sp³-hybridized carbons (Fsp3) is 1.00. The van der Waals surface area contributed by atoms with Crippen LogP contribution in [-0.4, -0.2) is 6.04 Å². The molecule has 0 aromatic carbocycles. The lowest BCUT2D eigenvalue weighted by Crippen LogP contribution is -2.26. The average Bonchev–Trinajstić information content (AvgIpc) is 2.22. The highest BCUT2D eigenvalue weighted by Gasteiger charge is 2.14. The van der Waals surface area contributed by atoms with Crippen molar-refractivity contribution >= 4 is 0 Å². The average molecular weight is 225 g/mol. The van der Waals surface area contributed by atoms with Crippen LogP contribution in [0.3, 0.4) is 0 Å². The Morgan fingerprint density at radius 3 is 1.69 bits per heavy atom. The molecule has 1 aliphatic rings. The van der Waals surface area contributed by atoms with Gasteiger partial charge in [-0.2, -0.15) is 0 Å². The predicted molar refractivity (Wildman–Crippen MR) is 72.5 cm³/mol. The molecule has 1 rings (SSSR count). The van der Waals surface area contributed by atoms with Crippen LogP contribution in [0.25, 0.3) is 0 Å². The van der Waals surface area contributed by atoms with Crippen molar-refractivity contribution in [3.8, 4) is 0 Å². The van der Waals surface area contributed by atoms with Gasteiger partial charge in [0.1, 0.15) is 0 Å². The van der Waals surface area contributed by atoms with Crippen molar-refractivity contribution in [3.05, 3.63) is 0 Å². The molecule has 0 spiro atoms. The summed E-state index contributed by atoms with van der Waals surface area (Å²) in [5.41, 5.74) is 6.07. The molecule has 1 heteroatoms. The zero-order chi connectivity index (χ0) is 11.8. The second-order valence-corrected chi connectivity index (χ2v) is 6.00. The van der Waals surface area contributed by atoms with Gasteiger partial charge in [0.15, 0.2) is 0 Å². The summed E-state index contributed by atoms with van der Waals surface area (Å²) in [7, 11) is 0. The Bertz CT molecular complexity index is 151. The number of hydrogen-bond acceptors (Lipinski definition) is 1. The van der Waals surface area contributed by atoms with E-state index in [2.05, 4.69) is 13.8 Å². The van der Waals surface area contributed by atoms with Crippen LogP contribution < -0.4 is 5.73 Å². The Hall–Kier alpha value is -0.0400. The monoisotopic (exact) mass is 225 g/mol. The third-order valence-corrected chi connectivity index (χ3v) is 4.29. The Kier molecular flexibility index (Phi) is 7.11. The van der Waals surface area contributed by atoms with Gasteiger partial charge < -0.3 is 5.73 Å². The zero-order valence-corrected chi connectivity index (χ0v) is 11.4. The maximum absolute atomic E-state index is 6.07. The second-order valence-electron chi connectivity index (χ2n) is 6.00. The first-order valence-corrected chi connectivity index (χ1v) is 7.45. The molecule has 1 aliphatic carbocycles. The first kappa shape index (κ1) is 14.0. The van der Waals surface area contributed by atoms with Crippen LogP contribution in [0.5, 0.6) is 0 Å². The maximum atomic E-state index is 6.07. The summed E-state index contributed by atoms with van der Waals surface area (Å²) in [6, 6.07) is 0.405. The minimum Gasteiger partial charge on any atom is -0.328 e. The van der Waals surface area contributed by atoms with E-state index >= 15 is 0 Å². The molecule has 0 bridgehead atoms. The van der Waals surface area contributed by atoms with E-state index in [0.717, 1.165) is 11.8 Å². The molecule has 0 radical (unpaired) electrons. The van der Waals surface area contributed by atoms with E-state index in [1.807, 2.05) is 0 Å². The van der Waals surface area contributed by atoms with Crippen LogP contribution in [0.4, 0.5) is 0 Å². The van der Waals surface area contributed by atoms with E-state index in [1.165, 1.54) is 64.2 Å². The fourth-order valence-electron chi connectivity index (χ4n) is 2.97. The molecule has 96 valence electrons. The number of rotatable bonds is 1. The number of nitrogens with two attached hydrogens (primary N) is 1. The van der Waals surface area contributed by atoms with Gasteiger partial charge in [-0.25, -0.2) is 0 Å². The van der Waals surface area contributed by atoms with E-state index < -0.39 is 0 Å². The van der Waals surface area contributed by atoms with Crippen molar-refractivity contribution in [2.45, 2.75) is 84.1 Å². The van der Waals surface area contributed by atoms with Crippen LogP contribution in [0, 0.1) is 11.8 Å². The fourth-order valence-corrected chi connectivity index (χ4v) is 2.97. The Balaban J connectivity index is 2.30. The van der Waals surface area contributed by atoms with Crippen molar-refractivity contribution in [2.75, 3.05) is 0 Å². The van der Waals surface area contributed by atoms with Crippen LogP contribution in [-0.2, 0) is 0 Å². The third-order valence-electron chi connectivity index (χ3n) is 4.29. The lowest BCUT2D eigenvalue weighted by Gasteiger charge is -2.22. The van der Waals surface area contributed by atoms with Crippen molar-refractivity contribution in [3.63, 3.8) is 0 Å². The van der Waals surface area contributed by atoms with Gasteiger partial charge in [0, 0.05) is 6.04 Å². The van der Waals surface area contributed by atoms with Crippen molar-refractivity contribution in [1.29, 1.82) is 0 Å². The number of hydrogen-bond donors (Lipinski definition) is 1. The van der Waals surface area contributed by atoms with E-state index in [9.17, 15) is 0 Å². The summed E-state index contributed by atoms with van der Waals surface area (Å²) in [5, 5.41) is 0. The molecule has 1 atom stereocenters. The Morgan fingerprint density at radius 1 is 0.812 bits per heavy atom. The molecule has 0 aromatic rings. The van der Waals surface area contributed by atoms with E-state index in [1.54, 1.807) is 0 Å². The quantitative estimate of drug-likeness (QED) is 0.698. The standard InChI is InChI=1S/C15H31N/c1-13-9-5-3-7-11-15(14(2)16)12-8-4-6-10-13/h13-15H,3-12,16H2,1-2H3. The first-order chi connectivity index (χ1) is 7.70. The molecule has 2 N–H and O–H groups in total. The third kappa shape index (κ3) is 5.89. The minimum atomic E-state index is 0.405. The van der Waals surface area contributed by atoms with Crippen LogP contribution in [0.2, 0.25) is 0 Å². The van der Waals surface area contributed by atoms with E-state index in [4.69, 9.17) is 5.73 Å². The van der Waals surface area contributed by atoms with Gasteiger partial charge in [0.25, 0.3) is 0 Å². The second kappa shape index (κ2) is 8.11. The summed E-state index contributed by atoms with van der Waals surface area (Å²) in [6.45, 7) is 4.62. The highest BCUT2D eigenvalue weighted by molar-refractivity contribution is 4.70. The van der Waals surface area contributed by atoms with Crippen molar-refractivity contribution < 1.29 is 0 Å². The smallest absolute Gasteiger partial charge is 0.00387 e. The molecule has 1 saturated carbocycles. The topological polar surface area (TPSA) is 26.0 Å². The highest BCUT2D eigenvalue weighted by atomic mass is 14.6. The molecule has 1 unspecified atom stereocenters. The van der Waals surface area contributed by atoms with Gasteiger partial charge in [-0.1, -0.05) is 58.3 Å². The van der Waals surface area contributed by atoms with Crippen molar-refractivity contribution in [1.82, 2.24) is 0 Å². The van der Waals surface area contributed by atoms with Crippen LogP contribution in [0.15, 0.2) is 0 Å². The molecule has 0 saturated heterocycles. The van der Waals surface area contributed by atoms with E-state index in [-0.39, 0.29) is 0 Å². The van der Waals surface area contributed by atoms with Gasteiger partial charge >= 0.3 is 0 Å². The molecule has 1 nitrogen and oxygen atoms in total. The summed E-state index contributed by atoms with van der Waals surface area (Å²) in [5.74, 6) is 1.75. The minimum absolute atomic E-state index is 0.405. The molecular weight excluding hydrogens is 194 g/mol. The van der Waals surface area contributed by atoms with E-state index in [0.29, 0.717) is 6.04 Å². The molecule has 0 aliphatic heterocycles. The summed E-state index contributed by atoms with van der Waals surface area (Å²) >= 11 is 0. The summed E-state index contributed by atoms with van der Waals surface area (Å²) in [4.78, 5) is 0. The normalized spacial score (nSPS) is 32.4. The molecule has 1 fully saturated rings. The van der Waals surface area contributed by atoms with Gasteiger partial charge in [0.05, 0.1) is 0 Å². The van der Waals surface area contributed by atoms with Gasteiger partial charge in [-0.05, 0) is 31.6 Å². The van der Waals surface area contributed by atoms with Crippen LogP contribution >= 0.6 is 0 Å². The lowest BCUT2D eigenvalue weighted by molar-refractivity contribution is 0.337. The van der Waals surface area contributed by atoms with Crippen molar-refractivity contribution in [2.24, 2.45) is 17.6 Å². The SMILES string of the molecule is CC1CCCCCC(C(C)N)CCCCC1. The first-order valence-electron chi connectivity index (χ1n) is 7.45. The largest absolute Gasteiger partial charge is 0.328 e.